The van der Waals surface area contributed by atoms with Crippen molar-refractivity contribution in [2.24, 2.45) is 11.7 Å². The number of rotatable bonds is 1. The van der Waals surface area contributed by atoms with Crippen LogP contribution >= 0.6 is 24.8 Å². The summed E-state index contributed by atoms with van der Waals surface area (Å²) in [6, 6.07) is 0. The minimum atomic E-state index is 0. The number of carbonyl (C=O) groups is 1. The van der Waals surface area contributed by atoms with E-state index in [-0.39, 0.29) is 36.6 Å². The minimum Gasteiger partial charge on any atom is -0.345 e. The summed E-state index contributed by atoms with van der Waals surface area (Å²) in [5, 5.41) is 0. The van der Waals surface area contributed by atoms with Gasteiger partial charge in [-0.2, -0.15) is 0 Å². The van der Waals surface area contributed by atoms with Crippen molar-refractivity contribution < 1.29 is 4.79 Å². The Hall–Kier alpha value is 0.01000. The molecular weight excluding hydrogens is 199 g/mol. The Morgan fingerprint density at radius 1 is 1.58 bits per heavy atom. The highest BCUT2D eigenvalue weighted by Gasteiger charge is 2.24. The Kier molecular flexibility index (Phi) is 7.89. The summed E-state index contributed by atoms with van der Waals surface area (Å²) in [7, 11) is 1.84. The molecule has 74 valence electrons. The normalized spacial score (nSPS) is 22.7. The summed E-state index contributed by atoms with van der Waals surface area (Å²) in [5.41, 5.74) is 5.41. The fourth-order valence-corrected chi connectivity index (χ4v) is 1.34. The van der Waals surface area contributed by atoms with Gasteiger partial charge in [-0.3, -0.25) is 4.79 Å². The molecule has 1 saturated heterocycles. The number of nitrogens with two attached hydrogens (primary N) is 1. The Bertz CT molecular complexity index is 143. The molecule has 0 aromatic carbocycles. The van der Waals surface area contributed by atoms with Crippen LogP contribution < -0.4 is 5.73 Å². The maximum atomic E-state index is 11.2. The summed E-state index contributed by atoms with van der Waals surface area (Å²) >= 11 is 0. The van der Waals surface area contributed by atoms with Gasteiger partial charge >= 0.3 is 0 Å². The molecule has 1 atom stereocenters. The SMILES string of the molecule is CN1CCCC(CN)C1=O.Cl.Cl. The molecule has 1 heterocycles. The highest BCUT2D eigenvalue weighted by molar-refractivity contribution is 5.85. The molecule has 0 radical (unpaired) electrons. The van der Waals surface area contributed by atoms with Crippen LogP contribution in [0.3, 0.4) is 0 Å². The van der Waals surface area contributed by atoms with E-state index in [1.54, 1.807) is 4.90 Å². The van der Waals surface area contributed by atoms with Gasteiger partial charge < -0.3 is 10.6 Å². The highest BCUT2D eigenvalue weighted by Crippen LogP contribution is 2.14. The lowest BCUT2D eigenvalue weighted by Gasteiger charge is -2.28. The maximum Gasteiger partial charge on any atom is 0.226 e. The van der Waals surface area contributed by atoms with E-state index in [0.29, 0.717) is 6.54 Å². The topological polar surface area (TPSA) is 46.3 Å². The van der Waals surface area contributed by atoms with Crippen LogP contribution in [0.2, 0.25) is 0 Å². The van der Waals surface area contributed by atoms with E-state index in [0.717, 1.165) is 19.4 Å². The van der Waals surface area contributed by atoms with E-state index in [9.17, 15) is 4.79 Å². The van der Waals surface area contributed by atoms with Crippen LogP contribution in [0, 0.1) is 5.92 Å². The van der Waals surface area contributed by atoms with Crippen molar-refractivity contribution in [3.05, 3.63) is 0 Å². The second kappa shape index (κ2) is 6.52. The van der Waals surface area contributed by atoms with Crippen molar-refractivity contribution in [2.75, 3.05) is 20.1 Å². The molecule has 1 amide bonds. The highest BCUT2D eigenvalue weighted by atomic mass is 35.5. The van der Waals surface area contributed by atoms with Crippen LogP contribution in [-0.4, -0.2) is 30.9 Å². The third-order valence-corrected chi connectivity index (χ3v) is 2.06. The number of halogens is 2. The molecule has 0 aromatic heterocycles. The van der Waals surface area contributed by atoms with E-state index >= 15 is 0 Å². The van der Waals surface area contributed by atoms with Gasteiger partial charge in [-0.25, -0.2) is 0 Å². The number of hydrogen-bond acceptors (Lipinski definition) is 2. The Morgan fingerprint density at radius 3 is 2.58 bits per heavy atom. The van der Waals surface area contributed by atoms with Crippen LogP contribution in [0.1, 0.15) is 12.8 Å². The Balaban J connectivity index is 0. The second-order valence-electron chi connectivity index (χ2n) is 2.83. The number of likely N-dealkylation sites (tertiary alicyclic amines) is 1. The van der Waals surface area contributed by atoms with Gasteiger partial charge in [0, 0.05) is 20.1 Å². The quantitative estimate of drug-likeness (QED) is 0.698. The second-order valence-corrected chi connectivity index (χ2v) is 2.83. The molecule has 1 rings (SSSR count). The number of amides is 1. The number of hydrogen-bond donors (Lipinski definition) is 1. The van der Waals surface area contributed by atoms with E-state index in [1.807, 2.05) is 7.05 Å². The molecule has 1 unspecified atom stereocenters. The van der Waals surface area contributed by atoms with Crippen molar-refractivity contribution in [3.63, 3.8) is 0 Å². The van der Waals surface area contributed by atoms with E-state index in [2.05, 4.69) is 0 Å². The monoisotopic (exact) mass is 214 g/mol. The molecule has 1 aliphatic rings. The molecule has 1 aliphatic heterocycles. The van der Waals surface area contributed by atoms with Gasteiger partial charge in [0.1, 0.15) is 0 Å². The van der Waals surface area contributed by atoms with Gasteiger partial charge in [0.25, 0.3) is 0 Å². The standard InChI is InChI=1S/C7H14N2O.2ClH/c1-9-4-2-3-6(5-8)7(9)10;;/h6H,2-5,8H2,1H3;2*1H. The molecule has 0 saturated carbocycles. The van der Waals surface area contributed by atoms with Crippen LogP contribution in [0.25, 0.3) is 0 Å². The molecule has 0 aliphatic carbocycles. The van der Waals surface area contributed by atoms with Crippen molar-refractivity contribution >= 4 is 30.7 Å². The average Bonchev–Trinajstić information content (AvgIpc) is 1.95. The number of nitrogens with zero attached hydrogens (tertiary/aromatic N) is 1. The van der Waals surface area contributed by atoms with E-state index < -0.39 is 0 Å². The lowest BCUT2D eigenvalue weighted by Crippen LogP contribution is -2.41. The maximum absolute atomic E-state index is 11.2. The summed E-state index contributed by atoms with van der Waals surface area (Å²) in [6.07, 6.45) is 2.07. The molecule has 0 aromatic rings. The van der Waals surface area contributed by atoms with Gasteiger partial charge in [-0.1, -0.05) is 0 Å². The molecule has 2 N–H and O–H groups in total. The molecule has 0 bridgehead atoms. The summed E-state index contributed by atoms with van der Waals surface area (Å²) in [6.45, 7) is 1.40. The lowest BCUT2D eigenvalue weighted by molar-refractivity contribution is -0.136. The molecular formula is C7H16Cl2N2O. The summed E-state index contributed by atoms with van der Waals surface area (Å²) in [4.78, 5) is 13.0. The smallest absolute Gasteiger partial charge is 0.226 e. The van der Waals surface area contributed by atoms with E-state index in [1.165, 1.54) is 0 Å². The molecule has 5 heteroatoms. The fraction of sp³-hybridized carbons (Fsp3) is 0.857. The Morgan fingerprint density at radius 2 is 2.17 bits per heavy atom. The minimum absolute atomic E-state index is 0. The molecule has 12 heavy (non-hydrogen) atoms. The lowest BCUT2D eigenvalue weighted by atomic mass is 9.98. The van der Waals surface area contributed by atoms with Crippen molar-refractivity contribution in [1.29, 1.82) is 0 Å². The third kappa shape index (κ3) is 3.17. The van der Waals surface area contributed by atoms with Crippen molar-refractivity contribution in [2.45, 2.75) is 12.8 Å². The van der Waals surface area contributed by atoms with Crippen LogP contribution in [0.4, 0.5) is 0 Å². The zero-order valence-corrected chi connectivity index (χ0v) is 8.79. The largest absolute Gasteiger partial charge is 0.345 e. The first-order valence-electron chi connectivity index (χ1n) is 3.70. The predicted molar refractivity (Wildman–Crippen MR) is 53.9 cm³/mol. The summed E-state index contributed by atoms with van der Waals surface area (Å²) < 4.78 is 0. The first-order valence-corrected chi connectivity index (χ1v) is 3.70. The Labute approximate surface area is 85.5 Å². The predicted octanol–water partition coefficient (Wildman–Crippen LogP) is 0.657. The van der Waals surface area contributed by atoms with Crippen LogP contribution in [0.15, 0.2) is 0 Å². The van der Waals surface area contributed by atoms with Gasteiger partial charge in [0.05, 0.1) is 5.92 Å². The zero-order chi connectivity index (χ0) is 7.56. The zero-order valence-electron chi connectivity index (χ0n) is 7.16. The number of piperidine rings is 1. The van der Waals surface area contributed by atoms with Gasteiger partial charge in [-0.05, 0) is 12.8 Å². The van der Waals surface area contributed by atoms with E-state index in [4.69, 9.17) is 5.73 Å². The van der Waals surface area contributed by atoms with Crippen LogP contribution in [0.5, 0.6) is 0 Å². The third-order valence-electron chi connectivity index (χ3n) is 2.06. The first kappa shape index (κ1) is 14.5. The number of carbonyl (C=O) groups excluding carboxylic acids is 1. The van der Waals surface area contributed by atoms with Gasteiger partial charge in [0.2, 0.25) is 5.91 Å². The fourth-order valence-electron chi connectivity index (χ4n) is 1.34. The average molecular weight is 215 g/mol. The van der Waals surface area contributed by atoms with Crippen molar-refractivity contribution in [3.8, 4) is 0 Å². The van der Waals surface area contributed by atoms with Gasteiger partial charge in [0.15, 0.2) is 0 Å². The van der Waals surface area contributed by atoms with Gasteiger partial charge in [-0.15, -0.1) is 24.8 Å². The van der Waals surface area contributed by atoms with Crippen LogP contribution in [-0.2, 0) is 4.79 Å². The summed E-state index contributed by atoms with van der Waals surface area (Å²) in [5.74, 6) is 0.312. The molecule has 3 nitrogen and oxygen atoms in total. The first-order chi connectivity index (χ1) is 4.75. The van der Waals surface area contributed by atoms with Crippen molar-refractivity contribution in [1.82, 2.24) is 4.90 Å². The molecule has 1 fully saturated rings. The molecule has 0 spiro atoms.